The lowest BCUT2D eigenvalue weighted by molar-refractivity contribution is -0.127. The van der Waals surface area contributed by atoms with E-state index in [2.05, 4.69) is 5.32 Å². The van der Waals surface area contributed by atoms with Crippen LogP contribution in [0.2, 0.25) is 0 Å². The summed E-state index contributed by atoms with van der Waals surface area (Å²) in [6.45, 7) is 3.34. The van der Waals surface area contributed by atoms with Crippen LogP contribution in [0.5, 0.6) is 17.2 Å². The van der Waals surface area contributed by atoms with E-state index in [0.717, 1.165) is 27.8 Å². The number of ether oxygens (including phenoxy) is 2. The number of thioether (sulfide) groups is 1. The molecule has 0 atom stereocenters. The summed E-state index contributed by atoms with van der Waals surface area (Å²) in [4.78, 5) is 38.6. The Morgan fingerprint density at radius 1 is 1.13 bits per heavy atom. The minimum Gasteiger partial charge on any atom is -0.502 e. The summed E-state index contributed by atoms with van der Waals surface area (Å²) in [5.74, 6) is -0.874. The quantitative estimate of drug-likeness (QED) is 0.657. The molecule has 0 bridgehead atoms. The molecule has 31 heavy (non-hydrogen) atoms. The number of methoxy groups -OCH3 is 2. The van der Waals surface area contributed by atoms with Gasteiger partial charge in [-0.05, 0) is 60.5 Å². The van der Waals surface area contributed by atoms with Crippen molar-refractivity contribution in [2.45, 2.75) is 13.8 Å². The molecule has 0 saturated carbocycles. The Hall–Kier alpha value is -3.46. The highest BCUT2D eigenvalue weighted by atomic mass is 32.2. The van der Waals surface area contributed by atoms with Crippen molar-refractivity contribution in [2.24, 2.45) is 0 Å². The number of nitrogens with one attached hydrogen (secondary N) is 1. The Labute approximate surface area is 183 Å². The van der Waals surface area contributed by atoms with Gasteiger partial charge in [0.25, 0.3) is 11.1 Å². The van der Waals surface area contributed by atoms with Crippen LogP contribution in [0.4, 0.5) is 10.5 Å². The third-order valence-corrected chi connectivity index (χ3v) is 5.63. The molecule has 8 nitrogen and oxygen atoms in total. The zero-order valence-electron chi connectivity index (χ0n) is 17.5. The first kappa shape index (κ1) is 22.2. The molecule has 1 aliphatic heterocycles. The molecule has 0 radical (unpaired) electrons. The number of phenols is 1. The van der Waals surface area contributed by atoms with Crippen LogP contribution in [-0.2, 0) is 9.59 Å². The maximum absolute atomic E-state index is 12.7. The lowest BCUT2D eigenvalue weighted by atomic mass is 10.1. The van der Waals surface area contributed by atoms with Crippen LogP contribution in [-0.4, -0.2) is 47.8 Å². The van der Waals surface area contributed by atoms with E-state index < -0.39 is 23.6 Å². The molecular formula is C22H22N2O6S. The number of aromatic hydroxyl groups is 1. The normalized spacial score (nSPS) is 14.8. The standard InChI is InChI=1S/C22H22N2O6S/c1-12-6-5-7-13(2)19(12)23-18(25)11-24-21(27)17(31-22(24)28)10-14-8-15(29-3)20(26)16(9-14)30-4/h5-10,26H,11H2,1-4H3,(H,23,25)/b17-10+. The second-order valence-electron chi connectivity index (χ2n) is 6.86. The molecule has 0 unspecified atom stereocenters. The minimum absolute atomic E-state index is 0.152. The Balaban J connectivity index is 1.79. The molecule has 1 saturated heterocycles. The molecule has 0 spiro atoms. The molecule has 0 aromatic heterocycles. The number of phenolic OH excluding ortho intramolecular Hbond substituents is 1. The van der Waals surface area contributed by atoms with E-state index in [1.165, 1.54) is 32.4 Å². The molecule has 162 valence electrons. The van der Waals surface area contributed by atoms with Crippen LogP contribution in [0, 0.1) is 13.8 Å². The number of benzene rings is 2. The van der Waals surface area contributed by atoms with Crippen LogP contribution in [0.15, 0.2) is 35.2 Å². The first-order valence-electron chi connectivity index (χ1n) is 9.31. The largest absolute Gasteiger partial charge is 0.502 e. The van der Waals surface area contributed by atoms with Gasteiger partial charge in [0.2, 0.25) is 11.7 Å². The van der Waals surface area contributed by atoms with Crippen molar-refractivity contribution in [1.82, 2.24) is 4.90 Å². The highest BCUT2D eigenvalue weighted by Crippen LogP contribution is 2.39. The van der Waals surface area contributed by atoms with Crippen molar-refractivity contribution in [3.8, 4) is 17.2 Å². The number of imide groups is 1. The van der Waals surface area contributed by atoms with E-state index in [4.69, 9.17) is 9.47 Å². The zero-order chi connectivity index (χ0) is 22.7. The molecule has 2 N–H and O–H groups in total. The van der Waals surface area contributed by atoms with Gasteiger partial charge < -0.3 is 19.9 Å². The predicted octanol–water partition coefficient (Wildman–Crippen LogP) is 3.70. The van der Waals surface area contributed by atoms with Crippen LogP contribution in [0.1, 0.15) is 16.7 Å². The van der Waals surface area contributed by atoms with E-state index in [-0.39, 0.29) is 22.2 Å². The summed E-state index contributed by atoms with van der Waals surface area (Å²) in [6.07, 6.45) is 1.48. The van der Waals surface area contributed by atoms with Gasteiger partial charge in [0.15, 0.2) is 11.5 Å². The van der Waals surface area contributed by atoms with Gasteiger partial charge in [0.05, 0.1) is 19.1 Å². The van der Waals surface area contributed by atoms with E-state index >= 15 is 0 Å². The number of nitrogens with zero attached hydrogens (tertiary/aromatic N) is 1. The smallest absolute Gasteiger partial charge is 0.294 e. The van der Waals surface area contributed by atoms with Crippen molar-refractivity contribution >= 4 is 40.6 Å². The topological polar surface area (TPSA) is 105 Å². The minimum atomic E-state index is -0.572. The highest BCUT2D eigenvalue weighted by molar-refractivity contribution is 8.18. The van der Waals surface area contributed by atoms with E-state index in [9.17, 15) is 19.5 Å². The Bertz CT molecular complexity index is 1050. The molecule has 0 aliphatic carbocycles. The number of hydrogen-bond donors (Lipinski definition) is 2. The lowest BCUT2D eigenvalue weighted by Gasteiger charge is -2.15. The monoisotopic (exact) mass is 442 g/mol. The summed E-state index contributed by atoms with van der Waals surface area (Å²) in [6, 6.07) is 8.64. The molecule has 1 fully saturated rings. The maximum Gasteiger partial charge on any atom is 0.294 e. The molecule has 2 aromatic carbocycles. The number of carbonyl (C=O) groups is 3. The number of hydrogen-bond acceptors (Lipinski definition) is 7. The van der Waals surface area contributed by atoms with Crippen LogP contribution in [0.3, 0.4) is 0 Å². The maximum atomic E-state index is 12.7. The fourth-order valence-electron chi connectivity index (χ4n) is 3.12. The van der Waals surface area contributed by atoms with E-state index in [1.54, 1.807) is 0 Å². The average molecular weight is 442 g/mol. The van der Waals surface area contributed by atoms with Crippen LogP contribution >= 0.6 is 11.8 Å². The second-order valence-corrected chi connectivity index (χ2v) is 7.85. The zero-order valence-corrected chi connectivity index (χ0v) is 18.3. The van der Waals surface area contributed by atoms with Gasteiger partial charge in [-0.1, -0.05) is 18.2 Å². The third kappa shape index (κ3) is 4.66. The summed E-state index contributed by atoms with van der Waals surface area (Å²) in [5, 5.41) is 12.3. The van der Waals surface area contributed by atoms with Crippen molar-refractivity contribution in [3.63, 3.8) is 0 Å². The molecule has 2 aromatic rings. The van der Waals surface area contributed by atoms with Gasteiger partial charge in [-0.25, -0.2) is 0 Å². The lowest BCUT2D eigenvalue weighted by Crippen LogP contribution is -2.36. The third-order valence-electron chi connectivity index (χ3n) is 4.72. The fourth-order valence-corrected chi connectivity index (χ4v) is 3.96. The molecule has 3 amide bonds. The van der Waals surface area contributed by atoms with Gasteiger partial charge in [0, 0.05) is 5.69 Å². The number of aryl methyl sites for hydroxylation is 2. The summed E-state index contributed by atoms with van der Waals surface area (Å²) in [5.41, 5.74) is 2.94. The second kappa shape index (κ2) is 9.13. The molecule has 1 heterocycles. The molecule has 3 rings (SSSR count). The Morgan fingerprint density at radius 3 is 2.26 bits per heavy atom. The van der Waals surface area contributed by atoms with Gasteiger partial charge in [-0.15, -0.1) is 0 Å². The number of amides is 3. The molecule has 9 heteroatoms. The SMILES string of the molecule is COc1cc(/C=C2/SC(=O)N(CC(=O)Nc3c(C)cccc3C)C2=O)cc(OC)c1O. The van der Waals surface area contributed by atoms with Gasteiger partial charge >= 0.3 is 0 Å². The first-order chi connectivity index (χ1) is 14.7. The molecular weight excluding hydrogens is 420 g/mol. The summed E-state index contributed by atoms with van der Waals surface area (Å²) in [7, 11) is 2.78. The van der Waals surface area contributed by atoms with Crippen LogP contribution < -0.4 is 14.8 Å². The van der Waals surface area contributed by atoms with E-state index in [0.29, 0.717) is 11.3 Å². The average Bonchev–Trinajstić information content (AvgIpc) is 2.99. The van der Waals surface area contributed by atoms with Gasteiger partial charge in [-0.3, -0.25) is 19.3 Å². The van der Waals surface area contributed by atoms with E-state index in [1.807, 2.05) is 32.0 Å². The number of para-hydroxylation sites is 1. The molecule has 1 aliphatic rings. The number of carbonyl (C=O) groups excluding carboxylic acids is 3. The number of rotatable bonds is 6. The van der Waals surface area contributed by atoms with Gasteiger partial charge in [-0.2, -0.15) is 0 Å². The summed E-state index contributed by atoms with van der Waals surface area (Å²) < 4.78 is 10.2. The Morgan fingerprint density at radius 2 is 1.71 bits per heavy atom. The fraction of sp³-hybridized carbons (Fsp3) is 0.227. The first-order valence-corrected chi connectivity index (χ1v) is 10.1. The van der Waals surface area contributed by atoms with Gasteiger partial charge in [0.1, 0.15) is 6.54 Å². The van der Waals surface area contributed by atoms with Crippen molar-refractivity contribution in [2.75, 3.05) is 26.1 Å². The van der Waals surface area contributed by atoms with Crippen molar-refractivity contribution in [1.29, 1.82) is 0 Å². The van der Waals surface area contributed by atoms with Crippen LogP contribution in [0.25, 0.3) is 6.08 Å². The predicted molar refractivity (Wildman–Crippen MR) is 118 cm³/mol. The number of anilines is 1. The van der Waals surface area contributed by atoms with Crippen molar-refractivity contribution < 1.29 is 29.0 Å². The van der Waals surface area contributed by atoms with Crippen molar-refractivity contribution in [3.05, 3.63) is 51.9 Å². The highest BCUT2D eigenvalue weighted by Gasteiger charge is 2.36. The Kier molecular flexibility index (Phi) is 6.55. The summed E-state index contributed by atoms with van der Waals surface area (Å²) >= 11 is 0.737.